The van der Waals surface area contributed by atoms with Crippen LogP contribution in [0.25, 0.3) is 0 Å². The van der Waals surface area contributed by atoms with Gasteiger partial charge < -0.3 is 10.2 Å². The van der Waals surface area contributed by atoms with E-state index < -0.39 is 35.5 Å². The number of imide groups is 2. The van der Waals surface area contributed by atoms with E-state index in [0.717, 1.165) is 11.0 Å². The van der Waals surface area contributed by atoms with Crippen LogP contribution in [0.2, 0.25) is 0 Å². The summed E-state index contributed by atoms with van der Waals surface area (Å²) >= 11 is 0. The minimum atomic E-state index is -1.05. The van der Waals surface area contributed by atoms with Crippen molar-refractivity contribution in [2.45, 2.75) is 18.9 Å². The molecule has 10 heteroatoms. The van der Waals surface area contributed by atoms with Crippen LogP contribution in [0.5, 0.6) is 0 Å². The Bertz CT molecular complexity index is 840. The van der Waals surface area contributed by atoms with Crippen LogP contribution in [0.4, 0.5) is 10.1 Å². The molecule has 8 nitrogen and oxygen atoms in total. The van der Waals surface area contributed by atoms with Crippen molar-refractivity contribution in [2.75, 3.05) is 31.1 Å². The standard InChI is InChI=1S/C17H17FN4O4.ClH/c18-11-7-9-10(8-13(11)21-5-3-19-4-6-21)17(26)22(16(9)25)12-1-2-14(23)20-15(12)24;/h7-8,12,19H,1-6H2,(H,20,23,24);1H. The zero-order valence-electron chi connectivity index (χ0n) is 14.3. The highest BCUT2D eigenvalue weighted by Gasteiger charge is 2.45. The SMILES string of the molecule is Cl.O=C1CCC(N2C(=O)c3cc(F)c(N4CCNCC4)cc3C2=O)C(=O)N1. The first-order valence-electron chi connectivity index (χ1n) is 8.48. The first-order valence-corrected chi connectivity index (χ1v) is 8.48. The summed E-state index contributed by atoms with van der Waals surface area (Å²) in [5, 5.41) is 5.30. The summed E-state index contributed by atoms with van der Waals surface area (Å²) in [6.07, 6.45) is 0.119. The second-order valence-electron chi connectivity index (χ2n) is 6.53. The quantitative estimate of drug-likeness (QED) is 0.686. The normalized spacial score (nSPS) is 22.5. The van der Waals surface area contributed by atoms with Crippen molar-refractivity contribution in [2.24, 2.45) is 0 Å². The molecule has 4 rings (SSSR count). The number of amides is 4. The predicted octanol–water partition coefficient (Wildman–Crippen LogP) is 0.0583. The lowest BCUT2D eigenvalue weighted by Crippen LogP contribution is -2.54. The molecule has 0 radical (unpaired) electrons. The molecule has 27 heavy (non-hydrogen) atoms. The lowest BCUT2D eigenvalue weighted by Gasteiger charge is -2.30. The molecule has 1 unspecified atom stereocenters. The minimum Gasteiger partial charge on any atom is -0.367 e. The Morgan fingerprint density at radius 1 is 1.00 bits per heavy atom. The van der Waals surface area contributed by atoms with Crippen molar-refractivity contribution in [3.8, 4) is 0 Å². The van der Waals surface area contributed by atoms with Crippen LogP contribution in [-0.4, -0.2) is 60.7 Å². The molecule has 2 N–H and O–H groups in total. The Morgan fingerprint density at radius 2 is 1.63 bits per heavy atom. The molecule has 0 aliphatic carbocycles. The number of hydrogen-bond acceptors (Lipinski definition) is 6. The van der Waals surface area contributed by atoms with Crippen LogP contribution < -0.4 is 15.5 Å². The Balaban J connectivity index is 0.00000210. The fraction of sp³-hybridized carbons (Fsp3) is 0.412. The number of hydrogen-bond donors (Lipinski definition) is 2. The number of fused-ring (bicyclic) bond motifs is 1. The second kappa shape index (κ2) is 7.24. The number of nitrogens with zero attached hydrogens (tertiary/aromatic N) is 2. The van der Waals surface area contributed by atoms with Crippen molar-refractivity contribution in [3.63, 3.8) is 0 Å². The Morgan fingerprint density at radius 3 is 2.26 bits per heavy atom. The van der Waals surface area contributed by atoms with Crippen LogP contribution in [0, 0.1) is 5.82 Å². The van der Waals surface area contributed by atoms with Gasteiger partial charge in [-0.1, -0.05) is 0 Å². The Hall–Kier alpha value is -2.52. The summed E-state index contributed by atoms with van der Waals surface area (Å²) in [6.45, 7) is 2.58. The number of carbonyl (C=O) groups excluding carboxylic acids is 4. The van der Waals surface area contributed by atoms with E-state index in [0.29, 0.717) is 26.2 Å². The van der Waals surface area contributed by atoms with E-state index in [4.69, 9.17) is 0 Å². The number of piperazine rings is 1. The van der Waals surface area contributed by atoms with Crippen molar-refractivity contribution >= 4 is 41.7 Å². The molecule has 0 saturated carbocycles. The average Bonchev–Trinajstić information content (AvgIpc) is 2.86. The first kappa shape index (κ1) is 19.2. The summed E-state index contributed by atoms with van der Waals surface area (Å²) in [5.41, 5.74) is 0.322. The highest BCUT2D eigenvalue weighted by molar-refractivity contribution is 6.23. The number of rotatable bonds is 2. The molecule has 1 aromatic rings. The Labute approximate surface area is 160 Å². The van der Waals surface area contributed by atoms with Gasteiger partial charge >= 0.3 is 0 Å². The zero-order valence-corrected chi connectivity index (χ0v) is 15.1. The monoisotopic (exact) mass is 396 g/mol. The fourth-order valence-electron chi connectivity index (χ4n) is 3.63. The van der Waals surface area contributed by atoms with Gasteiger partial charge in [-0.25, -0.2) is 4.39 Å². The van der Waals surface area contributed by atoms with Crippen molar-refractivity contribution < 1.29 is 23.6 Å². The maximum atomic E-state index is 14.6. The van der Waals surface area contributed by atoms with Gasteiger partial charge in [-0.05, 0) is 18.6 Å². The summed E-state index contributed by atoms with van der Waals surface area (Å²) in [6, 6.07) is 1.41. The second-order valence-corrected chi connectivity index (χ2v) is 6.53. The van der Waals surface area contributed by atoms with E-state index in [1.165, 1.54) is 6.07 Å². The Kier molecular flexibility index (Phi) is 5.16. The van der Waals surface area contributed by atoms with E-state index in [2.05, 4.69) is 10.6 Å². The van der Waals surface area contributed by atoms with Crippen LogP contribution in [0.15, 0.2) is 12.1 Å². The molecular formula is C17H18ClFN4O4. The average molecular weight is 397 g/mol. The molecule has 3 heterocycles. The summed E-state index contributed by atoms with van der Waals surface area (Å²) in [4.78, 5) is 51.4. The predicted molar refractivity (Wildman–Crippen MR) is 95.4 cm³/mol. The summed E-state index contributed by atoms with van der Waals surface area (Å²) in [5.74, 6) is -3.02. The van der Waals surface area contributed by atoms with Gasteiger partial charge in [-0.3, -0.25) is 29.4 Å². The number of piperidine rings is 1. The van der Waals surface area contributed by atoms with Crippen molar-refractivity contribution in [3.05, 3.63) is 29.1 Å². The first-order chi connectivity index (χ1) is 12.5. The largest absolute Gasteiger partial charge is 0.367 e. The minimum absolute atomic E-state index is 0. The molecule has 4 amide bonds. The third kappa shape index (κ3) is 3.17. The van der Waals surface area contributed by atoms with E-state index in [-0.39, 0.29) is 42.1 Å². The van der Waals surface area contributed by atoms with E-state index >= 15 is 0 Å². The van der Waals surface area contributed by atoms with Gasteiger partial charge in [0.25, 0.3) is 11.8 Å². The highest BCUT2D eigenvalue weighted by atomic mass is 35.5. The maximum Gasteiger partial charge on any atom is 0.262 e. The fourth-order valence-corrected chi connectivity index (χ4v) is 3.63. The molecule has 3 aliphatic rings. The molecular weight excluding hydrogens is 379 g/mol. The topological polar surface area (TPSA) is 98.8 Å². The zero-order chi connectivity index (χ0) is 18.4. The van der Waals surface area contributed by atoms with Gasteiger partial charge in [-0.15, -0.1) is 12.4 Å². The van der Waals surface area contributed by atoms with E-state index in [1.807, 2.05) is 4.90 Å². The third-order valence-corrected chi connectivity index (χ3v) is 4.96. The number of nitrogens with one attached hydrogen (secondary N) is 2. The van der Waals surface area contributed by atoms with Crippen LogP contribution in [-0.2, 0) is 9.59 Å². The van der Waals surface area contributed by atoms with Gasteiger partial charge in [0.15, 0.2) is 0 Å². The molecule has 3 aliphatic heterocycles. The van der Waals surface area contributed by atoms with Gasteiger partial charge in [-0.2, -0.15) is 0 Å². The lowest BCUT2D eigenvalue weighted by atomic mass is 10.0. The number of carbonyl (C=O) groups is 4. The number of halogens is 2. The molecule has 0 bridgehead atoms. The molecule has 1 atom stereocenters. The highest BCUT2D eigenvalue weighted by Crippen LogP contribution is 2.32. The smallest absolute Gasteiger partial charge is 0.262 e. The maximum absolute atomic E-state index is 14.6. The van der Waals surface area contributed by atoms with Crippen molar-refractivity contribution in [1.29, 1.82) is 0 Å². The third-order valence-electron chi connectivity index (χ3n) is 4.96. The van der Waals surface area contributed by atoms with Crippen molar-refractivity contribution in [1.82, 2.24) is 15.5 Å². The van der Waals surface area contributed by atoms with Gasteiger partial charge in [0.1, 0.15) is 11.9 Å². The van der Waals surface area contributed by atoms with Gasteiger partial charge in [0, 0.05) is 32.6 Å². The number of benzene rings is 1. The van der Waals surface area contributed by atoms with Crippen LogP contribution in [0.1, 0.15) is 33.6 Å². The van der Waals surface area contributed by atoms with E-state index in [1.54, 1.807) is 0 Å². The lowest BCUT2D eigenvalue weighted by molar-refractivity contribution is -0.136. The molecule has 1 aromatic carbocycles. The molecule has 2 saturated heterocycles. The number of anilines is 1. The van der Waals surface area contributed by atoms with Crippen LogP contribution in [0.3, 0.4) is 0 Å². The van der Waals surface area contributed by atoms with Gasteiger partial charge in [0.2, 0.25) is 11.8 Å². The summed E-state index contributed by atoms with van der Waals surface area (Å²) < 4.78 is 14.6. The van der Waals surface area contributed by atoms with Gasteiger partial charge in [0.05, 0.1) is 16.8 Å². The summed E-state index contributed by atoms with van der Waals surface area (Å²) in [7, 11) is 0. The van der Waals surface area contributed by atoms with E-state index in [9.17, 15) is 23.6 Å². The molecule has 0 spiro atoms. The van der Waals surface area contributed by atoms with Crippen LogP contribution >= 0.6 is 12.4 Å². The molecule has 0 aromatic heterocycles. The molecule has 2 fully saturated rings. The molecule has 144 valence electrons.